The lowest BCUT2D eigenvalue weighted by atomic mass is 9.97. The zero-order valence-corrected chi connectivity index (χ0v) is 11.8. The molecule has 0 aliphatic heterocycles. The van der Waals surface area contributed by atoms with Crippen molar-refractivity contribution in [3.05, 3.63) is 46.5 Å². The predicted octanol–water partition coefficient (Wildman–Crippen LogP) is 4.28. The fraction of sp³-hybridized carbons (Fsp3) is 0.529. The maximum absolute atomic E-state index is 3.55. The van der Waals surface area contributed by atoms with E-state index in [1.54, 1.807) is 5.57 Å². The largest absolute Gasteiger partial charge is 0.312 e. The van der Waals surface area contributed by atoms with Gasteiger partial charge in [-0.25, -0.2) is 0 Å². The van der Waals surface area contributed by atoms with Crippen LogP contribution in [0.4, 0.5) is 0 Å². The molecule has 18 heavy (non-hydrogen) atoms. The Morgan fingerprint density at radius 3 is 2.72 bits per heavy atom. The average molecular weight is 243 g/mol. The van der Waals surface area contributed by atoms with Crippen LogP contribution in [0.2, 0.25) is 0 Å². The normalized spacial score (nSPS) is 15.6. The maximum Gasteiger partial charge on any atom is 0.0205 e. The van der Waals surface area contributed by atoms with Crippen molar-refractivity contribution in [3.8, 4) is 0 Å². The lowest BCUT2D eigenvalue weighted by Crippen LogP contribution is -2.15. The van der Waals surface area contributed by atoms with Crippen molar-refractivity contribution in [1.29, 1.82) is 0 Å². The second kappa shape index (κ2) is 6.75. The fourth-order valence-electron chi connectivity index (χ4n) is 2.53. The highest BCUT2D eigenvalue weighted by Crippen LogP contribution is 2.19. The van der Waals surface area contributed by atoms with Crippen molar-refractivity contribution in [3.63, 3.8) is 0 Å². The standard InChI is InChI=1S/C17H25N/c1-14-8-9-17(12-15(14)2)13-18-11-10-16-6-4-3-5-7-16/h6,8-9,12,18H,3-5,7,10-11,13H2,1-2H3. The van der Waals surface area contributed by atoms with Gasteiger partial charge in [-0.1, -0.05) is 29.8 Å². The number of aryl methyl sites for hydroxylation is 2. The topological polar surface area (TPSA) is 12.0 Å². The van der Waals surface area contributed by atoms with E-state index in [4.69, 9.17) is 0 Å². The molecular formula is C17H25N. The summed E-state index contributed by atoms with van der Waals surface area (Å²) in [5, 5.41) is 3.55. The van der Waals surface area contributed by atoms with Gasteiger partial charge in [-0.05, 0) is 69.2 Å². The lowest BCUT2D eigenvalue weighted by molar-refractivity contribution is 0.632. The van der Waals surface area contributed by atoms with E-state index in [1.165, 1.54) is 48.8 Å². The van der Waals surface area contributed by atoms with Crippen molar-refractivity contribution in [2.75, 3.05) is 6.54 Å². The Morgan fingerprint density at radius 1 is 1.11 bits per heavy atom. The molecule has 1 nitrogen and oxygen atoms in total. The van der Waals surface area contributed by atoms with Crippen LogP contribution in [-0.4, -0.2) is 6.54 Å². The van der Waals surface area contributed by atoms with E-state index in [-0.39, 0.29) is 0 Å². The number of benzene rings is 1. The number of allylic oxidation sites excluding steroid dienone is 1. The quantitative estimate of drug-likeness (QED) is 0.601. The molecule has 0 spiro atoms. The van der Waals surface area contributed by atoms with Gasteiger partial charge < -0.3 is 5.32 Å². The molecule has 2 rings (SSSR count). The van der Waals surface area contributed by atoms with Crippen LogP contribution in [0.5, 0.6) is 0 Å². The summed E-state index contributed by atoms with van der Waals surface area (Å²) in [6, 6.07) is 6.74. The number of rotatable bonds is 5. The third-order valence-corrected chi connectivity index (χ3v) is 3.91. The van der Waals surface area contributed by atoms with Gasteiger partial charge >= 0.3 is 0 Å². The maximum atomic E-state index is 3.55. The molecule has 0 fully saturated rings. The van der Waals surface area contributed by atoms with Gasteiger partial charge in [0.1, 0.15) is 0 Å². The lowest BCUT2D eigenvalue weighted by Gasteiger charge is -2.13. The molecule has 0 saturated heterocycles. The SMILES string of the molecule is Cc1ccc(CNCCC2=CCCCC2)cc1C. The van der Waals surface area contributed by atoms with Crippen LogP contribution in [0.3, 0.4) is 0 Å². The first-order chi connectivity index (χ1) is 8.75. The first-order valence-corrected chi connectivity index (χ1v) is 7.20. The number of hydrogen-bond donors (Lipinski definition) is 1. The molecule has 0 aromatic heterocycles. The first kappa shape index (κ1) is 13.4. The summed E-state index contributed by atoms with van der Waals surface area (Å²) in [6.45, 7) is 6.46. The highest BCUT2D eigenvalue weighted by molar-refractivity contribution is 5.29. The van der Waals surface area contributed by atoms with E-state index in [1.807, 2.05) is 0 Å². The van der Waals surface area contributed by atoms with Gasteiger partial charge in [0.25, 0.3) is 0 Å². The third kappa shape index (κ3) is 3.99. The van der Waals surface area contributed by atoms with Crippen molar-refractivity contribution in [1.82, 2.24) is 5.32 Å². The van der Waals surface area contributed by atoms with Crippen LogP contribution in [0.15, 0.2) is 29.8 Å². The molecule has 1 aromatic rings. The van der Waals surface area contributed by atoms with Crippen LogP contribution in [0.1, 0.15) is 48.8 Å². The molecule has 1 aliphatic carbocycles. The molecule has 0 saturated carbocycles. The van der Waals surface area contributed by atoms with E-state index < -0.39 is 0 Å². The molecule has 98 valence electrons. The molecule has 0 heterocycles. The second-order valence-corrected chi connectivity index (χ2v) is 5.45. The van der Waals surface area contributed by atoms with E-state index in [0.717, 1.165) is 13.1 Å². The molecule has 0 bridgehead atoms. The molecule has 1 aromatic carbocycles. The Balaban J connectivity index is 1.71. The van der Waals surface area contributed by atoms with Crippen LogP contribution in [0, 0.1) is 13.8 Å². The van der Waals surface area contributed by atoms with Crippen LogP contribution < -0.4 is 5.32 Å². The Hall–Kier alpha value is -1.08. The monoisotopic (exact) mass is 243 g/mol. The molecule has 1 heteroatoms. The highest BCUT2D eigenvalue weighted by Gasteiger charge is 2.03. The molecule has 0 unspecified atom stereocenters. The zero-order valence-electron chi connectivity index (χ0n) is 11.8. The van der Waals surface area contributed by atoms with Crippen LogP contribution in [0.25, 0.3) is 0 Å². The van der Waals surface area contributed by atoms with E-state index in [9.17, 15) is 0 Å². The van der Waals surface area contributed by atoms with Crippen molar-refractivity contribution in [2.45, 2.75) is 52.5 Å². The molecule has 1 N–H and O–H groups in total. The summed E-state index contributed by atoms with van der Waals surface area (Å²) in [5.74, 6) is 0. The van der Waals surface area contributed by atoms with Crippen LogP contribution >= 0.6 is 0 Å². The molecule has 0 amide bonds. The van der Waals surface area contributed by atoms with Gasteiger partial charge in [0.05, 0.1) is 0 Å². The van der Waals surface area contributed by atoms with Gasteiger partial charge in [-0.15, -0.1) is 0 Å². The van der Waals surface area contributed by atoms with E-state index in [2.05, 4.69) is 43.4 Å². The van der Waals surface area contributed by atoms with Gasteiger partial charge in [-0.2, -0.15) is 0 Å². The summed E-state index contributed by atoms with van der Waals surface area (Å²) in [6.07, 6.45) is 9.08. The minimum Gasteiger partial charge on any atom is -0.312 e. The van der Waals surface area contributed by atoms with Gasteiger partial charge in [0.2, 0.25) is 0 Å². The van der Waals surface area contributed by atoms with Gasteiger partial charge in [0.15, 0.2) is 0 Å². The zero-order chi connectivity index (χ0) is 12.8. The van der Waals surface area contributed by atoms with E-state index >= 15 is 0 Å². The Morgan fingerprint density at radius 2 is 2.00 bits per heavy atom. The summed E-state index contributed by atoms with van der Waals surface area (Å²) >= 11 is 0. The van der Waals surface area contributed by atoms with Crippen molar-refractivity contribution >= 4 is 0 Å². The minimum atomic E-state index is 0.994. The van der Waals surface area contributed by atoms with Gasteiger partial charge in [-0.3, -0.25) is 0 Å². The first-order valence-electron chi connectivity index (χ1n) is 7.20. The summed E-state index contributed by atoms with van der Waals surface area (Å²) in [4.78, 5) is 0. The number of hydrogen-bond acceptors (Lipinski definition) is 1. The highest BCUT2D eigenvalue weighted by atomic mass is 14.8. The minimum absolute atomic E-state index is 0.994. The summed E-state index contributed by atoms with van der Waals surface area (Å²) < 4.78 is 0. The smallest absolute Gasteiger partial charge is 0.0205 e. The molecule has 1 aliphatic rings. The average Bonchev–Trinajstić information content (AvgIpc) is 2.40. The molecule has 0 radical (unpaired) electrons. The Labute approximate surface area is 111 Å². The number of nitrogens with one attached hydrogen (secondary N) is 1. The Bertz CT molecular complexity index is 418. The summed E-state index contributed by atoms with van der Waals surface area (Å²) in [7, 11) is 0. The van der Waals surface area contributed by atoms with Gasteiger partial charge in [0, 0.05) is 6.54 Å². The van der Waals surface area contributed by atoms with Crippen molar-refractivity contribution < 1.29 is 0 Å². The summed E-state index contributed by atoms with van der Waals surface area (Å²) in [5.41, 5.74) is 5.83. The van der Waals surface area contributed by atoms with E-state index in [0.29, 0.717) is 0 Å². The fourth-order valence-corrected chi connectivity index (χ4v) is 2.53. The third-order valence-electron chi connectivity index (χ3n) is 3.91. The van der Waals surface area contributed by atoms with Crippen LogP contribution in [-0.2, 0) is 6.54 Å². The second-order valence-electron chi connectivity index (χ2n) is 5.45. The molecular weight excluding hydrogens is 218 g/mol. The molecule has 0 atom stereocenters. The van der Waals surface area contributed by atoms with Crippen molar-refractivity contribution in [2.24, 2.45) is 0 Å². The Kier molecular flexibility index (Phi) is 5.00. The predicted molar refractivity (Wildman–Crippen MR) is 78.8 cm³/mol.